The molecule has 2 aliphatic heterocycles. The van der Waals surface area contributed by atoms with Crippen LogP contribution in [0.15, 0.2) is 24.3 Å². The first kappa shape index (κ1) is 16.4. The summed E-state index contributed by atoms with van der Waals surface area (Å²) in [7, 11) is 0. The minimum Gasteiger partial charge on any atom is -0.476 e. The van der Waals surface area contributed by atoms with Crippen molar-refractivity contribution in [3.63, 3.8) is 0 Å². The quantitative estimate of drug-likeness (QED) is 0.760. The Morgan fingerprint density at radius 2 is 2.24 bits per heavy atom. The monoisotopic (exact) mass is 362 g/mol. The molecule has 3 heterocycles. The van der Waals surface area contributed by atoms with E-state index in [1.165, 1.54) is 0 Å². The molecule has 25 heavy (non-hydrogen) atoms. The van der Waals surface area contributed by atoms with Crippen LogP contribution in [0.3, 0.4) is 0 Å². The van der Waals surface area contributed by atoms with Crippen molar-refractivity contribution >= 4 is 23.2 Å². The first-order chi connectivity index (χ1) is 12.2. The molecule has 0 unspecified atom stereocenters. The van der Waals surface area contributed by atoms with Gasteiger partial charge in [-0.25, -0.2) is 0 Å². The van der Waals surface area contributed by atoms with Gasteiger partial charge in [-0.2, -0.15) is 0 Å². The summed E-state index contributed by atoms with van der Waals surface area (Å²) in [6.07, 6.45) is 1.46. The Kier molecular flexibility index (Phi) is 4.37. The van der Waals surface area contributed by atoms with Crippen LogP contribution >= 0.6 is 11.6 Å². The second kappa shape index (κ2) is 6.67. The molecule has 8 heteroatoms. The van der Waals surface area contributed by atoms with E-state index in [1.54, 1.807) is 0 Å². The number of H-pyrrole nitrogens is 1. The summed E-state index contributed by atoms with van der Waals surface area (Å²) in [6, 6.07) is 8.05. The number of halogens is 1. The van der Waals surface area contributed by atoms with Crippen LogP contribution in [-0.4, -0.2) is 41.4 Å². The highest BCUT2D eigenvalue weighted by molar-refractivity contribution is 6.35. The van der Waals surface area contributed by atoms with Gasteiger partial charge in [0.1, 0.15) is 10.7 Å². The molecular weight excluding hydrogens is 344 g/mol. The molecule has 0 aliphatic carbocycles. The lowest BCUT2D eigenvalue weighted by molar-refractivity contribution is 0.0160. The molecule has 1 amide bonds. The highest BCUT2D eigenvalue weighted by atomic mass is 35.5. The zero-order valence-corrected chi connectivity index (χ0v) is 14.5. The number of hydrogen-bond acceptors (Lipinski definition) is 5. The molecule has 3 atom stereocenters. The van der Waals surface area contributed by atoms with Gasteiger partial charge in [0.2, 0.25) is 0 Å². The summed E-state index contributed by atoms with van der Waals surface area (Å²) in [5.41, 5.74) is 1.96. The van der Waals surface area contributed by atoms with Crippen LogP contribution in [-0.2, 0) is 4.74 Å². The first-order valence-corrected chi connectivity index (χ1v) is 8.70. The normalized spacial score (nSPS) is 24.5. The van der Waals surface area contributed by atoms with E-state index < -0.39 is 0 Å². The maximum Gasteiger partial charge on any atom is 0.275 e. The standard InChI is InChI=1S/C17H19ClN4O3/c1-2-24-17-13(18)14(21-22-17)16(23)20-10-5-3-9(4-6-10)15-12-7-11(25-15)8-19-12/h3-6,11-12,15,19H,2,7-8H2,1H3,(H,20,23)(H,21,22)/t11-,12-,15+/m0/s1. The number of nitrogens with zero attached hydrogens (tertiary/aromatic N) is 1. The third kappa shape index (κ3) is 3.10. The number of hydrogen-bond donors (Lipinski definition) is 3. The lowest BCUT2D eigenvalue weighted by Gasteiger charge is -2.23. The fraction of sp³-hybridized carbons (Fsp3) is 0.412. The Morgan fingerprint density at radius 3 is 2.88 bits per heavy atom. The summed E-state index contributed by atoms with van der Waals surface area (Å²) < 4.78 is 11.2. The number of morpholine rings is 1. The van der Waals surface area contributed by atoms with Crippen molar-refractivity contribution in [1.29, 1.82) is 0 Å². The van der Waals surface area contributed by atoms with Crippen LogP contribution in [0.2, 0.25) is 5.02 Å². The summed E-state index contributed by atoms with van der Waals surface area (Å²) in [4.78, 5) is 12.3. The molecule has 3 N–H and O–H groups in total. The molecule has 2 aromatic rings. The van der Waals surface area contributed by atoms with Crippen LogP contribution in [0.5, 0.6) is 5.88 Å². The number of anilines is 1. The number of benzene rings is 1. The molecule has 2 bridgehead atoms. The smallest absolute Gasteiger partial charge is 0.275 e. The van der Waals surface area contributed by atoms with Gasteiger partial charge in [-0.05, 0) is 31.0 Å². The first-order valence-electron chi connectivity index (χ1n) is 8.32. The lowest BCUT2D eigenvalue weighted by Crippen LogP contribution is -2.33. The molecule has 4 rings (SSSR count). The fourth-order valence-electron chi connectivity index (χ4n) is 3.32. The van der Waals surface area contributed by atoms with E-state index in [4.69, 9.17) is 21.1 Å². The Labute approximate surface area is 150 Å². The van der Waals surface area contributed by atoms with E-state index >= 15 is 0 Å². The van der Waals surface area contributed by atoms with Gasteiger partial charge >= 0.3 is 0 Å². The number of nitrogens with one attached hydrogen (secondary N) is 3. The van der Waals surface area contributed by atoms with Crippen molar-refractivity contribution in [2.24, 2.45) is 0 Å². The second-order valence-corrected chi connectivity index (χ2v) is 6.53. The van der Waals surface area contributed by atoms with E-state index in [0.29, 0.717) is 24.4 Å². The molecule has 7 nitrogen and oxygen atoms in total. The van der Waals surface area contributed by atoms with Crippen LogP contribution in [0, 0.1) is 0 Å². The molecule has 0 radical (unpaired) electrons. The fourth-order valence-corrected chi connectivity index (χ4v) is 3.55. The number of carbonyl (C=O) groups is 1. The van der Waals surface area contributed by atoms with Crippen LogP contribution in [0.4, 0.5) is 5.69 Å². The molecule has 132 valence electrons. The lowest BCUT2D eigenvalue weighted by atomic mass is 10.0. The molecule has 2 saturated heterocycles. The molecule has 0 saturated carbocycles. The molecule has 2 fully saturated rings. The van der Waals surface area contributed by atoms with Gasteiger partial charge in [0.25, 0.3) is 11.8 Å². The van der Waals surface area contributed by atoms with Crippen molar-refractivity contribution in [2.45, 2.75) is 31.6 Å². The summed E-state index contributed by atoms with van der Waals surface area (Å²) in [5.74, 6) is -0.139. The van der Waals surface area contributed by atoms with Crippen LogP contribution in [0.25, 0.3) is 0 Å². The van der Waals surface area contributed by atoms with Crippen molar-refractivity contribution in [3.05, 3.63) is 40.5 Å². The Morgan fingerprint density at radius 1 is 1.44 bits per heavy atom. The average Bonchev–Trinajstić information content (AvgIpc) is 3.33. The van der Waals surface area contributed by atoms with E-state index in [2.05, 4.69) is 20.8 Å². The van der Waals surface area contributed by atoms with Gasteiger partial charge in [0.15, 0.2) is 0 Å². The SMILES string of the molecule is CCOc1n[nH]c(C(=O)Nc2ccc([C@H]3O[C@@H]4CN[C@H]3C4)cc2)c1Cl. The predicted molar refractivity (Wildman–Crippen MR) is 93.2 cm³/mol. The van der Waals surface area contributed by atoms with Crippen molar-refractivity contribution in [1.82, 2.24) is 15.5 Å². The van der Waals surface area contributed by atoms with Gasteiger partial charge in [0, 0.05) is 18.3 Å². The highest BCUT2D eigenvalue weighted by Crippen LogP contribution is 2.37. The Balaban J connectivity index is 1.43. The number of aromatic nitrogens is 2. The van der Waals surface area contributed by atoms with Crippen LogP contribution < -0.4 is 15.4 Å². The predicted octanol–water partition coefficient (Wildman–Crippen LogP) is 2.52. The number of amides is 1. The summed E-state index contributed by atoms with van der Waals surface area (Å²) in [5, 5.41) is 12.9. The van der Waals surface area contributed by atoms with E-state index in [0.717, 1.165) is 18.5 Å². The zero-order chi connectivity index (χ0) is 17.4. The molecule has 2 aliphatic rings. The molecule has 1 aromatic heterocycles. The Hall–Kier alpha value is -2.09. The van der Waals surface area contributed by atoms with Gasteiger partial charge in [-0.3, -0.25) is 9.89 Å². The number of fused-ring (bicyclic) bond motifs is 2. The van der Waals surface area contributed by atoms with Crippen molar-refractivity contribution in [3.8, 4) is 5.88 Å². The van der Waals surface area contributed by atoms with Crippen molar-refractivity contribution < 1.29 is 14.3 Å². The minimum absolute atomic E-state index is 0.0827. The molecule has 0 spiro atoms. The van der Waals surface area contributed by atoms with E-state index in [1.807, 2.05) is 31.2 Å². The third-order valence-corrected chi connectivity index (χ3v) is 4.86. The van der Waals surface area contributed by atoms with Crippen LogP contribution in [0.1, 0.15) is 35.5 Å². The average molecular weight is 363 g/mol. The van der Waals surface area contributed by atoms with Gasteiger partial charge in [-0.15, -0.1) is 5.10 Å². The Bertz CT molecular complexity index is 777. The van der Waals surface area contributed by atoms with Gasteiger partial charge < -0.3 is 20.1 Å². The summed E-state index contributed by atoms with van der Waals surface area (Å²) in [6.45, 7) is 3.18. The number of rotatable bonds is 5. The minimum atomic E-state index is -0.367. The van der Waals surface area contributed by atoms with E-state index in [-0.39, 0.29) is 28.6 Å². The number of aromatic amines is 1. The maximum absolute atomic E-state index is 12.3. The maximum atomic E-state index is 12.3. The largest absolute Gasteiger partial charge is 0.476 e. The zero-order valence-electron chi connectivity index (χ0n) is 13.7. The second-order valence-electron chi connectivity index (χ2n) is 6.16. The van der Waals surface area contributed by atoms with E-state index in [9.17, 15) is 4.79 Å². The molecule has 1 aromatic carbocycles. The highest BCUT2D eigenvalue weighted by Gasteiger charge is 2.41. The number of carbonyl (C=O) groups excluding carboxylic acids is 1. The number of ether oxygens (including phenoxy) is 2. The van der Waals surface area contributed by atoms with Gasteiger partial charge in [0.05, 0.1) is 18.8 Å². The van der Waals surface area contributed by atoms with Crippen molar-refractivity contribution in [2.75, 3.05) is 18.5 Å². The topological polar surface area (TPSA) is 88.3 Å². The summed E-state index contributed by atoms with van der Waals surface area (Å²) >= 11 is 6.11. The molecular formula is C17H19ClN4O3. The third-order valence-electron chi connectivity index (χ3n) is 4.51. The van der Waals surface area contributed by atoms with Gasteiger partial charge in [-0.1, -0.05) is 23.7 Å².